The third kappa shape index (κ3) is 5.29. The Balaban J connectivity index is 2.18. The fourth-order valence-electron chi connectivity index (χ4n) is 1.01. The summed E-state index contributed by atoms with van der Waals surface area (Å²) in [6.07, 6.45) is 0. The van der Waals surface area contributed by atoms with Crippen molar-refractivity contribution >= 4 is 17.7 Å². The van der Waals surface area contributed by atoms with Gasteiger partial charge in [-0.3, -0.25) is 4.79 Å². The first-order chi connectivity index (χ1) is 7.83. The highest BCUT2D eigenvalue weighted by molar-refractivity contribution is 8.00. The maximum absolute atomic E-state index is 11.3. The van der Waals surface area contributed by atoms with Gasteiger partial charge in [0.25, 0.3) is 0 Å². The molecule has 1 N–H and O–H groups in total. The van der Waals surface area contributed by atoms with Crippen molar-refractivity contribution in [1.29, 1.82) is 0 Å². The highest BCUT2D eigenvalue weighted by Crippen LogP contribution is 2.15. The van der Waals surface area contributed by atoms with Gasteiger partial charge in [0, 0.05) is 22.9 Å². The van der Waals surface area contributed by atoms with Gasteiger partial charge in [0.05, 0.1) is 5.75 Å². The molecule has 0 bridgehead atoms. The van der Waals surface area contributed by atoms with E-state index in [2.05, 4.69) is 15.3 Å². The largest absolute Gasteiger partial charge is 0.355 e. The first-order valence-electron chi connectivity index (χ1n) is 4.78. The van der Waals surface area contributed by atoms with E-state index in [-0.39, 0.29) is 12.5 Å². The smallest absolute Gasteiger partial charge is 0.230 e. The van der Waals surface area contributed by atoms with E-state index >= 15 is 0 Å². The number of hydrogen-bond acceptors (Lipinski definition) is 3. The van der Waals surface area contributed by atoms with E-state index in [1.54, 1.807) is 0 Å². The van der Waals surface area contributed by atoms with E-state index < -0.39 is 0 Å². The number of hydrogen-bond donors (Lipinski definition) is 1. The molecule has 84 valence electrons. The lowest BCUT2D eigenvalue weighted by molar-refractivity contribution is -0.118. The molecule has 1 amide bonds. The van der Waals surface area contributed by atoms with E-state index in [1.165, 1.54) is 11.8 Å². The maximum atomic E-state index is 11.3. The van der Waals surface area contributed by atoms with Crippen LogP contribution < -0.4 is 5.32 Å². The second kappa shape index (κ2) is 7.62. The van der Waals surface area contributed by atoms with Gasteiger partial charge < -0.3 is 5.32 Å². The normalized spacial score (nSPS) is 9.25. The Hall–Kier alpha value is -1.65. The molecule has 0 radical (unpaired) electrons. The summed E-state index contributed by atoms with van der Waals surface area (Å²) < 4.78 is 0. The molecule has 0 spiro atoms. The molecule has 0 aromatic heterocycles. The Kier molecular flexibility index (Phi) is 5.91. The number of nitrogens with one attached hydrogen (secondary N) is 1. The lowest BCUT2D eigenvalue weighted by Crippen LogP contribution is -2.27. The summed E-state index contributed by atoms with van der Waals surface area (Å²) >= 11 is 1.48. The van der Waals surface area contributed by atoms with E-state index in [4.69, 9.17) is 5.53 Å². The van der Waals surface area contributed by atoms with Gasteiger partial charge in [0.1, 0.15) is 0 Å². The summed E-state index contributed by atoms with van der Waals surface area (Å²) in [5, 5.41) is 5.98. The minimum atomic E-state index is -0.0537. The number of benzene rings is 1. The Bertz CT molecular complexity index is 376. The Morgan fingerprint density at radius 3 is 2.88 bits per heavy atom. The molecule has 0 saturated heterocycles. The lowest BCUT2D eigenvalue weighted by atomic mass is 10.4. The Morgan fingerprint density at radius 2 is 2.19 bits per heavy atom. The van der Waals surface area contributed by atoms with Crippen molar-refractivity contribution in [2.24, 2.45) is 5.11 Å². The minimum absolute atomic E-state index is 0.0537. The summed E-state index contributed by atoms with van der Waals surface area (Å²) in [5.74, 6) is 0.322. The van der Waals surface area contributed by atoms with Gasteiger partial charge in [-0.05, 0) is 17.7 Å². The highest BCUT2D eigenvalue weighted by atomic mass is 32.2. The van der Waals surface area contributed by atoms with E-state index in [0.29, 0.717) is 12.3 Å². The predicted octanol–water partition coefficient (Wildman–Crippen LogP) is 2.21. The lowest BCUT2D eigenvalue weighted by Gasteiger charge is -2.02. The zero-order valence-corrected chi connectivity index (χ0v) is 9.48. The SMILES string of the molecule is [N-]=[N+]=NCCNC(=O)CSc1ccccc1. The van der Waals surface area contributed by atoms with Gasteiger partial charge in [-0.15, -0.1) is 11.8 Å². The standard InChI is InChI=1S/C10H12N4OS/c11-14-13-7-6-12-10(15)8-16-9-4-2-1-3-5-9/h1-5H,6-8H2,(H,12,15). The fraction of sp³-hybridized carbons (Fsp3) is 0.300. The number of thioether (sulfide) groups is 1. The molecule has 0 aliphatic heterocycles. The average molecular weight is 236 g/mol. The highest BCUT2D eigenvalue weighted by Gasteiger charge is 2.00. The molecule has 16 heavy (non-hydrogen) atoms. The molecule has 0 unspecified atom stereocenters. The third-order valence-corrected chi connectivity index (χ3v) is 2.72. The van der Waals surface area contributed by atoms with Crippen LogP contribution in [0.4, 0.5) is 0 Å². The van der Waals surface area contributed by atoms with Crippen LogP contribution in [0.1, 0.15) is 0 Å². The molecule has 1 aromatic rings. The first-order valence-corrected chi connectivity index (χ1v) is 5.77. The van der Waals surface area contributed by atoms with Crippen LogP contribution in [0, 0.1) is 0 Å². The molecule has 6 heteroatoms. The molecule has 5 nitrogen and oxygen atoms in total. The average Bonchev–Trinajstić information content (AvgIpc) is 2.33. The summed E-state index contributed by atoms with van der Waals surface area (Å²) in [6, 6.07) is 9.71. The van der Waals surface area contributed by atoms with Crippen molar-refractivity contribution < 1.29 is 4.79 Å². The van der Waals surface area contributed by atoms with Gasteiger partial charge in [0.15, 0.2) is 0 Å². The Labute approximate surface area is 97.9 Å². The van der Waals surface area contributed by atoms with Crippen LogP contribution >= 0.6 is 11.8 Å². The molecule has 1 aromatic carbocycles. The quantitative estimate of drug-likeness (QED) is 0.270. The predicted molar refractivity (Wildman–Crippen MR) is 64.2 cm³/mol. The van der Waals surface area contributed by atoms with Crippen molar-refractivity contribution in [3.05, 3.63) is 40.8 Å². The zero-order chi connectivity index (χ0) is 11.6. The molecule has 0 heterocycles. The van der Waals surface area contributed by atoms with Crippen LogP contribution in [0.3, 0.4) is 0 Å². The summed E-state index contributed by atoms with van der Waals surface area (Å²) in [4.78, 5) is 15.0. The van der Waals surface area contributed by atoms with Crippen molar-refractivity contribution in [2.45, 2.75) is 4.90 Å². The third-order valence-electron chi connectivity index (χ3n) is 1.71. The van der Waals surface area contributed by atoms with Crippen LogP contribution in [0.15, 0.2) is 40.3 Å². The molecular weight excluding hydrogens is 224 g/mol. The topological polar surface area (TPSA) is 77.9 Å². The van der Waals surface area contributed by atoms with E-state index in [1.807, 2.05) is 30.3 Å². The number of amides is 1. The first kappa shape index (κ1) is 12.4. The molecular formula is C10H12N4OS. The van der Waals surface area contributed by atoms with Gasteiger partial charge in [-0.25, -0.2) is 0 Å². The molecule has 0 atom stereocenters. The number of azide groups is 1. The maximum Gasteiger partial charge on any atom is 0.230 e. The summed E-state index contributed by atoms with van der Waals surface area (Å²) in [6.45, 7) is 0.677. The molecule has 0 aliphatic carbocycles. The number of rotatable bonds is 6. The van der Waals surface area contributed by atoms with Crippen LogP contribution in [0.2, 0.25) is 0 Å². The monoisotopic (exact) mass is 236 g/mol. The Morgan fingerprint density at radius 1 is 1.44 bits per heavy atom. The van der Waals surface area contributed by atoms with Crippen molar-refractivity contribution in [3.63, 3.8) is 0 Å². The number of nitrogens with zero attached hydrogens (tertiary/aromatic N) is 3. The summed E-state index contributed by atoms with van der Waals surface area (Å²) in [7, 11) is 0. The van der Waals surface area contributed by atoms with Crippen molar-refractivity contribution in [2.75, 3.05) is 18.8 Å². The van der Waals surface area contributed by atoms with Gasteiger partial charge in [-0.2, -0.15) is 0 Å². The second-order valence-electron chi connectivity index (χ2n) is 2.91. The minimum Gasteiger partial charge on any atom is -0.355 e. The van der Waals surface area contributed by atoms with Crippen molar-refractivity contribution in [1.82, 2.24) is 5.32 Å². The summed E-state index contributed by atoms with van der Waals surface area (Å²) in [5.41, 5.74) is 8.03. The molecule has 0 fully saturated rings. The fourth-order valence-corrected chi connectivity index (χ4v) is 1.76. The van der Waals surface area contributed by atoms with Crippen LogP contribution in [0.5, 0.6) is 0 Å². The van der Waals surface area contributed by atoms with E-state index in [0.717, 1.165) is 4.90 Å². The van der Waals surface area contributed by atoms with Crippen LogP contribution in [-0.2, 0) is 4.79 Å². The van der Waals surface area contributed by atoms with Crippen LogP contribution in [0.25, 0.3) is 10.4 Å². The number of carbonyl (C=O) groups excluding carboxylic acids is 1. The number of carbonyl (C=O) groups is 1. The zero-order valence-electron chi connectivity index (χ0n) is 8.67. The van der Waals surface area contributed by atoms with Crippen LogP contribution in [-0.4, -0.2) is 24.7 Å². The second-order valence-corrected chi connectivity index (χ2v) is 3.95. The van der Waals surface area contributed by atoms with Gasteiger partial charge in [0.2, 0.25) is 5.91 Å². The van der Waals surface area contributed by atoms with Gasteiger partial charge >= 0.3 is 0 Å². The molecule has 1 rings (SSSR count). The molecule has 0 aliphatic rings. The van der Waals surface area contributed by atoms with Crippen molar-refractivity contribution in [3.8, 4) is 0 Å². The van der Waals surface area contributed by atoms with Gasteiger partial charge in [-0.1, -0.05) is 23.3 Å². The van der Waals surface area contributed by atoms with E-state index in [9.17, 15) is 4.79 Å². The molecule has 0 saturated carbocycles.